The average molecular weight is 457 g/mol. The largest absolute Gasteiger partial charge is 0.481 e. The van der Waals surface area contributed by atoms with Crippen LogP contribution in [0.2, 0.25) is 0 Å². The summed E-state index contributed by atoms with van der Waals surface area (Å²) < 4.78 is 40.8. The molecule has 1 spiro atoms. The number of carboxylic acids is 1. The Bertz CT molecular complexity index is 1240. The number of fused-ring (bicyclic) bond motifs is 1. The van der Waals surface area contributed by atoms with Crippen molar-refractivity contribution in [3.8, 4) is 0 Å². The summed E-state index contributed by atoms with van der Waals surface area (Å²) in [6.45, 7) is 0. The van der Waals surface area contributed by atoms with Crippen LogP contribution in [0.15, 0.2) is 48.8 Å². The van der Waals surface area contributed by atoms with Crippen molar-refractivity contribution in [2.24, 2.45) is 11.3 Å². The highest BCUT2D eigenvalue weighted by molar-refractivity contribution is 6.01. The molecule has 172 valence electrons. The molecule has 2 heterocycles. The molecule has 2 fully saturated rings. The number of aromatic nitrogens is 2. The molecule has 2 aromatic heterocycles. The highest BCUT2D eigenvalue weighted by atomic mass is 19.4. The molecule has 0 unspecified atom stereocenters. The molecule has 2 N–H and O–H groups in total. The lowest BCUT2D eigenvalue weighted by Gasteiger charge is -2.56. The predicted molar refractivity (Wildman–Crippen MR) is 113 cm³/mol. The molecule has 6 nitrogen and oxygen atoms in total. The van der Waals surface area contributed by atoms with E-state index in [1.165, 1.54) is 12.3 Å². The minimum absolute atomic E-state index is 0.0159. The number of carboxylic acid groups (broad SMARTS) is 1. The number of benzene rings is 1. The fraction of sp³-hybridized carbons (Fsp3) is 0.375. The number of carbonyl (C=O) groups is 2. The average Bonchev–Trinajstić information content (AvgIpc) is 3.13. The van der Waals surface area contributed by atoms with E-state index in [0.717, 1.165) is 25.0 Å². The van der Waals surface area contributed by atoms with Crippen LogP contribution in [0.4, 0.5) is 13.2 Å². The van der Waals surface area contributed by atoms with Gasteiger partial charge in [-0.2, -0.15) is 18.3 Å². The van der Waals surface area contributed by atoms with Crippen LogP contribution in [-0.4, -0.2) is 32.6 Å². The SMILES string of the molecule is O=C(NC1CC2(C1)CC(C(=O)O)C2)c1cnn2cccc(Cc3cccc(C(F)(F)F)c3)c12. The molecule has 0 bridgehead atoms. The second-order valence-corrected chi connectivity index (χ2v) is 9.28. The summed E-state index contributed by atoms with van der Waals surface area (Å²) in [6.07, 6.45) is 1.81. The van der Waals surface area contributed by atoms with Gasteiger partial charge in [0.15, 0.2) is 0 Å². The van der Waals surface area contributed by atoms with Crippen molar-refractivity contribution in [1.82, 2.24) is 14.9 Å². The Kier molecular flexibility index (Phi) is 4.95. The van der Waals surface area contributed by atoms with Crippen LogP contribution in [0.5, 0.6) is 0 Å². The summed E-state index contributed by atoms with van der Waals surface area (Å²) in [5, 5.41) is 16.3. The molecule has 2 aliphatic carbocycles. The number of nitrogens with zero attached hydrogens (tertiary/aromatic N) is 2. The monoisotopic (exact) mass is 457 g/mol. The zero-order valence-corrected chi connectivity index (χ0v) is 17.6. The highest BCUT2D eigenvalue weighted by Crippen LogP contribution is 2.58. The van der Waals surface area contributed by atoms with Gasteiger partial charge in [-0.15, -0.1) is 0 Å². The topological polar surface area (TPSA) is 83.7 Å². The Morgan fingerprint density at radius 1 is 1.15 bits per heavy atom. The summed E-state index contributed by atoms with van der Waals surface area (Å²) in [5.74, 6) is -1.32. The van der Waals surface area contributed by atoms with E-state index in [4.69, 9.17) is 5.11 Å². The molecule has 0 saturated heterocycles. The maximum Gasteiger partial charge on any atom is 0.416 e. The first kappa shape index (κ1) is 21.5. The number of carbonyl (C=O) groups excluding carboxylic acids is 1. The van der Waals surface area contributed by atoms with Crippen molar-refractivity contribution in [1.29, 1.82) is 0 Å². The van der Waals surface area contributed by atoms with E-state index < -0.39 is 17.7 Å². The molecule has 1 aromatic carbocycles. The van der Waals surface area contributed by atoms with Crippen LogP contribution in [0.25, 0.3) is 5.52 Å². The number of pyridine rings is 1. The van der Waals surface area contributed by atoms with Gasteiger partial charge in [-0.3, -0.25) is 9.59 Å². The number of hydrogen-bond donors (Lipinski definition) is 2. The predicted octanol–water partition coefficient (Wildman–Crippen LogP) is 4.32. The molecular formula is C24H22F3N3O3. The molecule has 2 saturated carbocycles. The number of rotatable bonds is 5. The van der Waals surface area contributed by atoms with Crippen LogP contribution in [0, 0.1) is 11.3 Å². The lowest BCUT2D eigenvalue weighted by atomic mass is 9.50. The quantitative estimate of drug-likeness (QED) is 0.598. The van der Waals surface area contributed by atoms with Crippen molar-refractivity contribution < 1.29 is 27.9 Å². The lowest BCUT2D eigenvalue weighted by molar-refractivity contribution is -0.155. The smallest absolute Gasteiger partial charge is 0.416 e. The van der Waals surface area contributed by atoms with E-state index in [2.05, 4.69) is 10.4 Å². The molecule has 33 heavy (non-hydrogen) atoms. The van der Waals surface area contributed by atoms with Gasteiger partial charge in [-0.1, -0.05) is 24.3 Å². The highest BCUT2D eigenvalue weighted by Gasteiger charge is 2.55. The zero-order chi connectivity index (χ0) is 23.4. The van der Waals surface area contributed by atoms with E-state index in [1.54, 1.807) is 28.9 Å². The minimum atomic E-state index is -4.42. The molecule has 9 heteroatoms. The molecular weight excluding hydrogens is 435 g/mol. The first-order valence-electron chi connectivity index (χ1n) is 10.8. The zero-order valence-electron chi connectivity index (χ0n) is 17.6. The third-order valence-electron chi connectivity index (χ3n) is 6.92. The Balaban J connectivity index is 1.32. The number of nitrogens with one attached hydrogen (secondary N) is 1. The summed E-state index contributed by atoms with van der Waals surface area (Å²) in [5.41, 5.74) is 1.46. The number of halogens is 3. The third-order valence-corrected chi connectivity index (χ3v) is 6.92. The second-order valence-electron chi connectivity index (χ2n) is 9.28. The molecule has 0 aliphatic heterocycles. The van der Waals surface area contributed by atoms with Gasteiger partial charge in [-0.25, -0.2) is 4.52 Å². The number of aliphatic carboxylic acids is 1. The third kappa shape index (κ3) is 3.96. The molecule has 1 amide bonds. The number of amides is 1. The maximum atomic E-state index is 13.1. The summed E-state index contributed by atoms with van der Waals surface area (Å²) in [7, 11) is 0. The first-order valence-corrected chi connectivity index (χ1v) is 10.8. The molecule has 3 aromatic rings. The van der Waals surface area contributed by atoms with Gasteiger partial charge in [0.05, 0.1) is 28.8 Å². The molecule has 0 radical (unpaired) electrons. The molecule has 0 atom stereocenters. The summed E-state index contributed by atoms with van der Waals surface area (Å²) in [4.78, 5) is 24.0. The normalized spacial score (nSPS) is 24.3. The van der Waals surface area contributed by atoms with Crippen LogP contribution in [0.3, 0.4) is 0 Å². The van der Waals surface area contributed by atoms with Gasteiger partial charge in [0.25, 0.3) is 5.91 Å². The minimum Gasteiger partial charge on any atom is -0.481 e. The van der Waals surface area contributed by atoms with E-state index >= 15 is 0 Å². The fourth-order valence-electron chi connectivity index (χ4n) is 5.35. The lowest BCUT2D eigenvalue weighted by Crippen LogP contribution is -2.57. The van der Waals surface area contributed by atoms with Gasteiger partial charge in [0, 0.05) is 12.2 Å². The summed E-state index contributed by atoms with van der Waals surface area (Å²) in [6, 6.07) is 8.68. The molecule has 2 aliphatic rings. The van der Waals surface area contributed by atoms with Crippen LogP contribution in [0.1, 0.15) is 52.7 Å². The van der Waals surface area contributed by atoms with Gasteiger partial charge in [0.1, 0.15) is 0 Å². The van der Waals surface area contributed by atoms with E-state index in [-0.39, 0.29) is 29.7 Å². The Labute approximate surface area is 187 Å². The fourth-order valence-corrected chi connectivity index (χ4v) is 5.35. The molecule has 5 rings (SSSR count). The first-order chi connectivity index (χ1) is 15.6. The van der Waals surface area contributed by atoms with Crippen LogP contribution in [-0.2, 0) is 17.4 Å². The van der Waals surface area contributed by atoms with Crippen molar-refractivity contribution in [2.45, 2.75) is 44.3 Å². The maximum absolute atomic E-state index is 13.1. The van der Waals surface area contributed by atoms with Gasteiger partial charge in [0.2, 0.25) is 0 Å². The van der Waals surface area contributed by atoms with Crippen LogP contribution >= 0.6 is 0 Å². The Morgan fingerprint density at radius 3 is 2.61 bits per heavy atom. The van der Waals surface area contributed by atoms with Crippen molar-refractivity contribution in [2.75, 3.05) is 0 Å². The number of alkyl halides is 3. The standard InChI is InChI=1S/C24H22F3N3O3/c25-24(26,27)17-5-1-3-14(8-17)7-15-4-2-6-30-20(15)19(13-28-30)21(31)29-18-11-23(12-18)9-16(10-23)22(32)33/h1-6,8,13,16,18H,7,9-12H2,(H,29,31)(H,32,33). The van der Waals surface area contributed by atoms with E-state index in [1.807, 2.05) is 0 Å². The van der Waals surface area contributed by atoms with Gasteiger partial charge < -0.3 is 10.4 Å². The Hall–Kier alpha value is -3.36. The van der Waals surface area contributed by atoms with E-state index in [0.29, 0.717) is 35.0 Å². The van der Waals surface area contributed by atoms with Crippen LogP contribution < -0.4 is 5.32 Å². The second kappa shape index (κ2) is 7.60. The van der Waals surface area contributed by atoms with Gasteiger partial charge in [-0.05, 0) is 60.8 Å². The van der Waals surface area contributed by atoms with Crippen molar-refractivity contribution in [3.63, 3.8) is 0 Å². The van der Waals surface area contributed by atoms with Crippen molar-refractivity contribution in [3.05, 3.63) is 71.0 Å². The van der Waals surface area contributed by atoms with Crippen molar-refractivity contribution >= 4 is 17.4 Å². The van der Waals surface area contributed by atoms with Gasteiger partial charge >= 0.3 is 12.1 Å². The van der Waals surface area contributed by atoms with E-state index in [9.17, 15) is 22.8 Å². The Morgan fingerprint density at radius 2 is 1.91 bits per heavy atom. The summed E-state index contributed by atoms with van der Waals surface area (Å²) >= 11 is 0. The number of hydrogen-bond acceptors (Lipinski definition) is 3.